The number of carbonyl (C=O) groups is 8. The highest BCUT2D eigenvalue weighted by molar-refractivity contribution is 5.99. The number of esters is 3. The summed E-state index contributed by atoms with van der Waals surface area (Å²) in [6, 6.07) is 0. The molecule has 3 aliphatic rings. The Hall–Kier alpha value is -10.4. The van der Waals surface area contributed by atoms with E-state index in [1.54, 1.807) is 0 Å². The van der Waals surface area contributed by atoms with Crippen LogP contribution in [-0.2, 0) is 96.2 Å². The average Bonchev–Trinajstić information content (AvgIpc) is 1.60. The SMILES string of the molecule is C/C(=C\Cc1c(C)c(C)c2c(c1O)C(=O)OC2)CCC(=O)O.CC(C)(C)OC(=O)NCCOCCN.CC/C=C\C/C=C\C/C=C\C/C=C\C/C=C\C/C=C\CCC(=O)NCCOCCNC(=O)CC/C(C)=C/Cc1c(O)c2c(c(C)c1OC)COC2=O.COc1c(C)c2c(c(O)c1C/C=C(\C)CCC(=O)NCCOCCN)C(=O)OC2.NCCOCCN. The van der Waals surface area contributed by atoms with Crippen LogP contribution in [0.3, 0.4) is 0 Å². The van der Waals surface area contributed by atoms with Gasteiger partial charge in [-0.15, -0.1) is 0 Å². The number of cyclic esters (lactones) is 3. The number of hydrogen-bond donors (Lipinski definition) is 12. The van der Waals surface area contributed by atoms with E-state index >= 15 is 0 Å². The normalized spacial score (nSPS) is 13.0. The monoisotopic (exact) mass is 1740 g/mol. The molecule has 30 nitrogen and oxygen atoms in total. The minimum absolute atomic E-state index is 0.0112. The number of carboxylic acid groups (broad SMARTS) is 1. The Morgan fingerprint density at radius 1 is 0.411 bits per heavy atom. The molecule has 3 aliphatic heterocycles. The molecule has 690 valence electrons. The third kappa shape index (κ3) is 43.7. The van der Waals surface area contributed by atoms with Crippen molar-refractivity contribution in [1.82, 2.24) is 21.3 Å². The van der Waals surface area contributed by atoms with E-state index in [-0.39, 0.29) is 77.9 Å². The van der Waals surface area contributed by atoms with Gasteiger partial charge in [-0.05, 0) is 175 Å². The predicted molar refractivity (Wildman–Crippen MR) is 482 cm³/mol. The number of phenols is 3. The van der Waals surface area contributed by atoms with Gasteiger partial charge in [0.05, 0.1) is 67.1 Å². The van der Waals surface area contributed by atoms with Crippen LogP contribution in [-0.4, -0.2) is 193 Å². The Kier molecular flexibility index (Phi) is 56.9. The standard InChI is InChI=1S/C43H60N2O7.C21H30N2O6.C17H20O5.C9H20N2O3.C4H12N2O/c1-5-6-7-8-9-10-11-12-13-14-15-16-17-18-19-20-21-22-23-24-38(46)44-29-31-51-32-30-45-39(47)28-26-34(2)25-27-36-41(48)40-37(33-52-43(40)49)35(3)42(36)50-4;1-13(5-7-17(24)23-9-11-28-10-8-22)4-6-15-19(25)18-16(12-29-21(18)26)14(2)20(15)27-3;1-9(5-7-14(18)19)4-6-12-10(2)11(3)13-8-22-17(21)15(13)16(12)20;1-9(2,3)14-8(12)11-5-7-13-6-4-10;5-1-3-7-4-2-6/h6-7,9-10,12-13,15-16,18-19,21-22,25,48H,5,8,11,14,17,20,23-24,26-33H2,1-4H3,(H,44,46)(H,45,47);4,25H,5-12,22H2,1-3H3,(H,23,24);4,20H,5-8H2,1-3H3,(H,18,19);4-7,10H2,1-3H3,(H,11,12);1-6H2/b7-6-,10-9-,13-12-,16-15-,19-18-,22-21-,34-25+;13-4+;9-4+;;. The first-order chi connectivity index (χ1) is 59.4. The summed E-state index contributed by atoms with van der Waals surface area (Å²) in [4.78, 5) is 93.7. The zero-order valence-electron chi connectivity index (χ0n) is 75.6. The van der Waals surface area contributed by atoms with Crippen LogP contribution in [0.25, 0.3) is 0 Å². The summed E-state index contributed by atoms with van der Waals surface area (Å²) in [7, 11) is 3.07. The van der Waals surface area contributed by atoms with Crippen molar-refractivity contribution in [3.8, 4) is 28.7 Å². The van der Waals surface area contributed by atoms with Gasteiger partial charge in [0.25, 0.3) is 0 Å². The Bertz CT molecular complexity index is 4120. The maximum atomic E-state index is 12.3. The number of methoxy groups -OCH3 is 2. The van der Waals surface area contributed by atoms with Crippen molar-refractivity contribution in [2.45, 2.75) is 211 Å². The van der Waals surface area contributed by atoms with E-state index in [4.69, 9.17) is 75.4 Å². The van der Waals surface area contributed by atoms with Gasteiger partial charge in [-0.2, -0.15) is 0 Å². The third-order valence-corrected chi connectivity index (χ3v) is 19.1. The second-order valence-electron chi connectivity index (χ2n) is 30.0. The fraction of sp³-hybridized carbons (Fsp3) is 0.532. The summed E-state index contributed by atoms with van der Waals surface area (Å²) in [5.74, 6) is -1.63. The molecule has 3 heterocycles. The first kappa shape index (κ1) is 110. The molecule has 0 atom stereocenters. The Balaban J connectivity index is 0.000000603. The number of nitrogens with two attached hydrogens (primary N) is 4. The molecule has 0 bridgehead atoms. The molecule has 124 heavy (non-hydrogen) atoms. The lowest BCUT2D eigenvalue weighted by Crippen LogP contribution is -2.34. The van der Waals surface area contributed by atoms with Gasteiger partial charge in [0, 0.05) is 111 Å². The number of amides is 4. The number of rotatable bonds is 51. The Labute approximate surface area is 733 Å². The van der Waals surface area contributed by atoms with E-state index in [0.717, 1.165) is 83.1 Å². The summed E-state index contributed by atoms with van der Waals surface area (Å²) in [6.45, 7) is 29.0. The van der Waals surface area contributed by atoms with Crippen LogP contribution in [0.15, 0.2) is 108 Å². The fourth-order valence-electron chi connectivity index (χ4n) is 12.3. The highest BCUT2D eigenvalue weighted by Gasteiger charge is 2.34. The Morgan fingerprint density at radius 3 is 1.06 bits per heavy atom. The van der Waals surface area contributed by atoms with Gasteiger partial charge in [0.1, 0.15) is 70.9 Å². The molecule has 3 aromatic rings. The number of fused-ring (bicyclic) bond motifs is 3. The number of benzene rings is 3. The summed E-state index contributed by atoms with van der Waals surface area (Å²) >= 11 is 0. The lowest BCUT2D eigenvalue weighted by atomic mass is 9.91. The molecular formula is C94H142N8O22. The van der Waals surface area contributed by atoms with Crippen LogP contribution in [0, 0.1) is 27.7 Å². The highest BCUT2D eigenvalue weighted by atomic mass is 16.6. The molecule has 6 rings (SSSR count). The lowest BCUT2D eigenvalue weighted by Gasteiger charge is -2.19. The van der Waals surface area contributed by atoms with E-state index in [9.17, 15) is 53.7 Å². The zero-order chi connectivity index (χ0) is 92.2. The number of carboxylic acids is 1. The van der Waals surface area contributed by atoms with Crippen LogP contribution < -0.4 is 53.7 Å². The Morgan fingerprint density at radius 2 is 0.718 bits per heavy atom. The highest BCUT2D eigenvalue weighted by Crippen LogP contribution is 2.44. The third-order valence-electron chi connectivity index (χ3n) is 19.1. The summed E-state index contributed by atoms with van der Waals surface area (Å²) in [6.07, 6.45) is 41.8. The number of alkyl carbamates (subject to hydrolysis) is 1. The van der Waals surface area contributed by atoms with E-state index < -0.39 is 35.6 Å². The number of carbonyl (C=O) groups excluding carboxylic acids is 7. The van der Waals surface area contributed by atoms with Crippen molar-refractivity contribution in [3.05, 3.63) is 180 Å². The number of nitrogens with one attached hydrogen (secondary N) is 4. The van der Waals surface area contributed by atoms with Crippen molar-refractivity contribution in [1.29, 1.82) is 0 Å². The van der Waals surface area contributed by atoms with Crippen LogP contribution >= 0.6 is 0 Å². The predicted octanol–water partition coefficient (Wildman–Crippen LogP) is 12.6. The van der Waals surface area contributed by atoms with Crippen LogP contribution in [0.1, 0.15) is 225 Å². The van der Waals surface area contributed by atoms with E-state index in [0.29, 0.717) is 209 Å². The van der Waals surface area contributed by atoms with Crippen LogP contribution in [0.4, 0.5) is 4.79 Å². The molecule has 0 saturated heterocycles. The minimum Gasteiger partial charge on any atom is -0.507 e. The van der Waals surface area contributed by atoms with Crippen molar-refractivity contribution in [3.63, 3.8) is 0 Å². The smallest absolute Gasteiger partial charge is 0.407 e. The second kappa shape index (κ2) is 64.3. The van der Waals surface area contributed by atoms with Gasteiger partial charge in [-0.25, -0.2) is 19.2 Å². The topological polar surface area (TPSA) is 462 Å². The van der Waals surface area contributed by atoms with Crippen molar-refractivity contribution in [2.75, 3.05) is 119 Å². The van der Waals surface area contributed by atoms with Gasteiger partial charge in [0.2, 0.25) is 17.7 Å². The van der Waals surface area contributed by atoms with Crippen molar-refractivity contribution < 1.29 is 106 Å². The summed E-state index contributed by atoms with van der Waals surface area (Å²) < 4.78 is 51.9. The van der Waals surface area contributed by atoms with Crippen LogP contribution in [0.2, 0.25) is 0 Å². The molecule has 0 aliphatic carbocycles. The molecule has 30 heteroatoms. The van der Waals surface area contributed by atoms with Crippen LogP contribution in [0.5, 0.6) is 28.7 Å². The van der Waals surface area contributed by atoms with E-state index in [1.165, 1.54) is 14.2 Å². The number of aliphatic carboxylic acids is 1. The lowest BCUT2D eigenvalue weighted by molar-refractivity contribution is -0.137. The number of ether oxygens (including phenoxy) is 10. The molecular weight excluding hydrogens is 1590 g/mol. The molecule has 3 aromatic carbocycles. The van der Waals surface area contributed by atoms with Crippen molar-refractivity contribution in [2.24, 2.45) is 22.9 Å². The first-order valence-electron chi connectivity index (χ1n) is 42.5. The number of aromatic hydroxyl groups is 3. The largest absolute Gasteiger partial charge is 0.507 e. The van der Waals surface area contributed by atoms with Gasteiger partial charge in [0.15, 0.2) is 0 Å². The number of hydrogen-bond acceptors (Lipinski definition) is 25. The zero-order valence-corrected chi connectivity index (χ0v) is 75.6. The average molecular weight is 1740 g/mol. The molecule has 0 unspecified atom stereocenters. The van der Waals surface area contributed by atoms with Gasteiger partial charge < -0.3 is 112 Å². The molecule has 4 amide bonds. The van der Waals surface area contributed by atoms with Gasteiger partial charge >= 0.3 is 30.0 Å². The van der Waals surface area contributed by atoms with Gasteiger partial charge in [-0.1, -0.05) is 115 Å². The van der Waals surface area contributed by atoms with Crippen molar-refractivity contribution >= 4 is 47.7 Å². The quantitative estimate of drug-likeness (QED) is 0.0108. The van der Waals surface area contributed by atoms with Gasteiger partial charge in [-0.3, -0.25) is 19.2 Å². The minimum atomic E-state index is -0.831. The summed E-state index contributed by atoms with van der Waals surface area (Å²) in [5.41, 5.74) is 31.3. The molecule has 0 fully saturated rings. The fourth-order valence-corrected chi connectivity index (χ4v) is 12.3. The molecule has 0 radical (unpaired) electrons. The molecule has 0 spiro atoms. The molecule has 0 saturated carbocycles. The summed E-state index contributed by atoms with van der Waals surface area (Å²) in [5, 5.41) is 51.5. The maximum absolute atomic E-state index is 12.3. The maximum Gasteiger partial charge on any atom is 0.407 e. The molecule has 16 N–H and O–H groups in total. The molecule has 0 aromatic heterocycles. The first-order valence-corrected chi connectivity index (χ1v) is 42.5. The number of phenolic OH excluding ortho intramolecular Hbond substituents is 3. The number of allylic oxidation sites excluding steroid dienone is 18. The van der Waals surface area contributed by atoms with E-state index in [2.05, 4.69) is 95.0 Å². The second-order valence-corrected chi connectivity index (χ2v) is 30.0. The van der Waals surface area contributed by atoms with E-state index in [1.807, 2.05) is 93.5 Å².